The molecule has 1 saturated carbocycles. The molecule has 124 valence electrons. The molecule has 1 amide bonds. The number of amides is 1. The third-order valence-corrected chi connectivity index (χ3v) is 5.14. The lowest BCUT2D eigenvalue weighted by Gasteiger charge is -2.36. The smallest absolute Gasteiger partial charge is 0.307 e. The molecule has 0 spiro atoms. The Kier molecular flexibility index (Phi) is 3.78. The minimum absolute atomic E-state index is 0.0874. The van der Waals surface area contributed by atoms with Crippen molar-refractivity contribution in [2.75, 3.05) is 31.1 Å². The van der Waals surface area contributed by atoms with Crippen LogP contribution in [0.25, 0.3) is 0 Å². The van der Waals surface area contributed by atoms with Gasteiger partial charge in [0, 0.05) is 26.2 Å². The summed E-state index contributed by atoms with van der Waals surface area (Å²) in [6.07, 6.45) is 0. The van der Waals surface area contributed by atoms with Gasteiger partial charge in [0.15, 0.2) is 0 Å². The summed E-state index contributed by atoms with van der Waals surface area (Å²) in [6.45, 7) is 5.74. The van der Waals surface area contributed by atoms with E-state index < -0.39 is 23.2 Å². The minimum Gasteiger partial charge on any atom is -0.481 e. The van der Waals surface area contributed by atoms with Gasteiger partial charge in [0.25, 0.3) is 0 Å². The molecule has 2 aliphatic rings. The van der Waals surface area contributed by atoms with Crippen LogP contribution in [0.4, 0.5) is 10.1 Å². The van der Waals surface area contributed by atoms with Crippen molar-refractivity contribution in [1.82, 2.24) is 4.90 Å². The second-order valence-electron chi connectivity index (χ2n) is 6.88. The van der Waals surface area contributed by atoms with Crippen LogP contribution in [0.1, 0.15) is 13.8 Å². The first-order valence-corrected chi connectivity index (χ1v) is 7.85. The van der Waals surface area contributed by atoms with Crippen LogP contribution < -0.4 is 4.90 Å². The summed E-state index contributed by atoms with van der Waals surface area (Å²) in [6, 6.07) is 6.61. The number of benzene rings is 1. The maximum Gasteiger partial charge on any atom is 0.307 e. The molecule has 1 aromatic carbocycles. The molecule has 2 atom stereocenters. The molecule has 1 aliphatic carbocycles. The van der Waals surface area contributed by atoms with E-state index in [0.29, 0.717) is 31.9 Å². The van der Waals surface area contributed by atoms with Crippen LogP contribution in [0.2, 0.25) is 0 Å². The van der Waals surface area contributed by atoms with Gasteiger partial charge >= 0.3 is 5.97 Å². The van der Waals surface area contributed by atoms with Gasteiger partial charge < -0.3 is 14.9 Å². The van der Waals surface area contributed by atoms with Gasteiger partial charge in [-0.2, -0.15) is 0 Å². The Morgan fingerprint density at radius 2 is 1.74 bits per heavy atom. The summed E-state index contributed by atoms with van der Waals surface area (Å²) in [5, 5.41) is 9.21. The summed E-state index contributed by atoms with van der Waals surface area (Å²) < 4.78 is 13.8. The molecule has 23 heavy (non-hydrogen) atoms. The number of anilines is 1. The number of piperazine rings is 1. The maximum absolute atomic E-state index is 13.8. The third-order valence-electron chi connectivity index (χ3n) is 5.14. The van der Waals surface area contributed by atoms with Crippen LogP contribution in [0.5, 0.6) is 0 Å². The zero-order valence-corrected chi connectivity index (χ0v) is 13.3. The van der Waals surface area contributed by atoms with Crippen LogP contribution >= 0.6 is 0 Å². The van der Waals surface area contributed by atoms with E-state index in [0.717, 1.165) is 0 Å². The van der Waals surface area contributed by atoms with E-state index in [2.05, 4.69) is 0 Å². The Bertz CT molecular complexity index is 638. The highest BCUT2D eigenvalue weighted by atomic mass is 19.1. The number of carbonyl (C=O) groups is 2. The average molecular weight is 320 g/mol. The van der Waals surface area contributed by atoms with E-state index in [4.69, 9.17) is 0 Å². The predicted molar refractivity (Wildman–Crippen MR) is 83.6 cm³/mol. The number of para-hydroxylation sites is 1. The number of rotatable bonds is 3. The van der Waals surface area contributed by atoms with Crippen LogP contribution in [0, 0.1) is 23.1 Å². The van der Waals surface area contributed by atoms with Gasteiger partial charge in [0.2, 0.25) is 5.91 Å². The fourth-order valence-corrected chi connectivity index (χ4v) is 3.63. The molecule has 0 bridgehead atoms. The van der Waals surface area contributed by atoms with Gasteiger partial charge in [-0.15, -0.1) is 0 Å². The zero-order chi connectivity index (χ0) is 16.8. The highest BCUT2D eigenvalue weighted by molar-refractivity contribution is 5.91. The molecule has 0 unspecified atom stereocenters. The van der Waals surface area contributed by atoms with E-state index >= 15 is 0 Å². The molecule has 6 heteroatoms. The van der Waals surface area contributed by atoms with Crippen molar-refractivity contribution in [3.8, 4) is 0 Å². The summed E-state index contributed by atoms with van der Waals surface area (Å²) >= 11 is 0. The van der Waals surface area contributed by atoms with Crippen molar-refractivity contribution in [1.29, 1.82) is 0 Å². The lowest BCUT2D eigenvalue weighted by Crippen LogP contribution is -2.50. The zero-order valence-electron chi connectivity index (χ0n) is 13.3. The second kappa shape index (κ2) is 5.51. The number of hydrogen-bond acceptors (Lipinski definition) is 3. The van der Waals surface area contributed by atoms with Crippen LogP contribution in [-0.4, -0.2) is 48.1 Å². The van der Waals surface area contributed by atoms with E-state index in [1.54, 1.807) is 23.1 Å². The fourth-order valence-electron chi connectivity index (χ4n) is 3.63. The second-order valence-corrected chi connectivity index (χ2v) is 6.88. The summed E-state index contributed by atoms with van der Waals surface area (Å²) in [5.41, 5.74) is 0.0701. The van der Waals surface area contributed by atoms with Gasteiger partial charge in [0.05, 0.1) is 17.5 Å². The van der Waals surface area contributed by atoms with Crippen molar-refractivity contribution in [2.45, 2.75) is 13.8 Å². The molecular formula is C17H21FN2O3. The van der Waals surface area contributed by atoms with Crippen LogP contribution in [-0.2, 0) is 9.59 Å². The fraction of sp³-hybridized carbons (Fsp3) is 0.529. The highest BCUT2D eigenvalue weighted by Gasteiger charge is 2.66. The quantitative estimate of drug-likeness (QED) is 0.923. The average Bonchev–Trinajstić information content (AvgIpc) is 3.10. The van der Waals surface area contributed by atoms with E-state index in [1.165, 1.54) is 6.07 Å². The summed E-state index contributed by atoms with van der Waals surface area (Å²) in [7, 11) is 0. The van der Waals surface area contributed by atoms with Gasteiger partial charge in [-0.05, 0) is 17.5 Å². The Morgan fingerprint density at radius 3 is 2.26 bits per heavy atom. The van der Waals surface area contributed by atoms with E-state index in [-0.39, 0.29) is 11.7 Å². The Morgan fingerprint density at radius 1 is 1.13 bits per heavy atom. The summed E-state index contributed by atoms with van der Waals surface area (Å²) in [4.78, 5) is 27.4. The molecule has 1 N–H and O–H groups in total. The number of nitrogens with zero attached hydrogens (tertiary/aromatic N) is 2. The normalized spacial score (nSPS) is 26.0. The number of carbonyl (C=O) groups excluding carboxylic acids is 1. The first-order chi connectivity index (χ1) is 10.8. The van der Waals surface area contributed by atoms with Gasteiger partial charge in [-0.25, -0.2) is 4.39 Å². The number of carboxylic acids is 1. The maximum atomic E-state index is 13.8. The lowest BCUT2D eigenvalue weighted by molar-refractivity contribution is -0.142. The Hall–Kier alpha value is -2.11. The number of aliphatic carboxylic acids is 1. The molecule has 1 aromatic rings. The van der Waals surface area contributed by atoms with Crippen LogP contribution in [0.3, 0.4) is 0 Å². The van der Waals surface area contributed by atoms with Crippen molar-refractivity contribution < 1.29 is 19.1 Å². The first-order valence-electron chi connectivity index (χ1n) is 7.85. The molecule has 1 aliphatic heterocycles. The highest BCUT2D eigenvalue weighted by Crippen LogP contribution is 2.59. The number of carboxylic acid groups (broad SMARTS) is 1. The Labute approximate surface area is 134 Å². The van der Waals surface area contributed by atoms with Crippen molar-refractivity contribution in [2.24, 2.45) is 17.3 Å². The molecule has 0 radical (unpaired) electrons. The first kappa shape index (κ1) is 15.8. The molecule has 1 heterocycles. The molecule has 3 rings (SSSR count). The minimum atomic E-state index is -0.904. The summed E-state index contributed by atoms with van der Waals surface area (Å²) in [5.74, 6) is -2.30. The number of halogens is 1. The van der Waals surface area contributed by atoms with Crippen molar-refractivity contribution in [3.05, 3.63) is 30.1 Å². The Balaban J connectivity index is 1.63. The monoisotopic (exact) mass is 320 g/mol. The molecule has 0 aromatic heterocycles. The van der Waals surface area contributed by atoms with E-state index in [9.17, 15) is 19.1 Å². The molecule has 5 nitrogen and oxygen atoms in total. The molecular weight excluding hydrogens is 299 g/mol. The van der Waals surface area contributed by atoms with Gasteiger partial charge in [0.1, 0.15) is 5.82 Å². The lowest BCUT2D eigenvalue weighted by atomic mass is 10.1. The van der Waals surface area contributed by atoms with Gasteiger partial charge in [-0.3, -0.25) is 9.59 Å². The van der Waals surface area contributed by atoms with Crippen molar-refractivity contribution in [3.63, 3.8) is 0 Å². The third kappa shape index (κ3) is 2.66. The predicted octanol–water partition coefficient (Wildman–Crippen LogP) is 1.83. The number of hydrogen-bond donors (Lipinski definition) is 1. The standard InChI is InChI=1S/C17H21FN2O3/c1-17(2)13(14(17)16(22)23)15(21)20-9-7-19(8-10-20)12-6-4-3-5-11(12)18/h3-6,13-14H,7-10H2,1-2H3,(H,22,23)/t13-,14-/m1/s1. The molecule has 1 saturated heterocycles. The van der Waals surface area contributed by atoms with Gasteiger partial charge in [-0.1, -0.05) is 26.0 Å². The molecule has 2 fully saturated rings. The van der Waals surface area contributed by atoms with Crippen LogP contribution in [0.15, 0.2) is 24.3 Å². The largest absolute Gasteiger partial charge is 0.481 e. The van der Waals surface area contributed by atoms with E-state index in [1.807, 2.05) is 18.7 Å². The topological polar surface area (TPSA) is 60.9 Å². The van der Waals surface area contributed by atoms with Crippen molar-refractivity contribution >= 4 is 17.6 Å². The SMILES string of the molecule is CC1(C)[C@@H](C(=O)O)[C@@H]1C(=O)N1CCN(c2ccccc2F)CC1.